The molecule has 1 amide bonds. The minimum absolute atomic E-state index is 0.0869. The Bertz CT molecular complexity index is 959. The fraction of sp³-hybridized carbons (Fsp3) is 0.267. The Morgan fingerprint density at radius 3 is 2.56 bits per heavy atom. The van der Waals surface area contributed by atoms with E-state index in [2.05, 4.69) is 0 Å². The lowest BCUT2D eigenvalue weighted by atomic mass is 10.3. The normalized spacial score (nSPS) is 19.7. The van der Waals surface area contributed by atoms with Crippen LogP contribution < -0.4 is 10.0 Å². The summed E-state index contributed by atoms with van der Waals surface area (Å²) in [6.07, 6.45) is 0.0869. The predicted molar refractivity (Wildman–Crippen MR) is 103 cm³/mol. The van der Waals surface area contributed by atoms with Crippen LogP contribution in [-0.4, -0.2) is 52.9 Å². The third-order valence-corrected chi connectivity index (χ3v) is 7.25. The van der Waals surface area contributed by atoms with Gasteiger partial charge in [0.25, 0.3) is 5.91 Å². The van der Waals surface area contributed by atoms with Gasteiger partial charge in [-0.05, 0) is 18.6 Å². The number of fused-ring (bicyclic) bond motifs is 1. The number of carbonyl (C=O) groups is 2. The van der Waals surface area contributed by atoms with Gasteiger partial charge >= 0.3 is 0 Å². The second-order valence-corrected chi connectivity index (χ2v) is 9.80. The Hall–Kier alpha value is -1.60. The van der Waals surface area contributed by atoms with E-state index in [1.54, 1.807) is 11.0 Å². The summed E-state index contributed by atoms with van der Waals surface area (Å²) in [4.78, 5) is 27.4. The number of aliphatic carboxylic acids is 1. The van der Waals surface area contributed by atoms with E-state index in [0.29, 0.717) is 5.03 Å². The van der Waals surface area contributed by atoms with Crippen LogP contribution >= 0.6 is 35.7 Å². The predicted octanol–water partition coefficient (Wildman–Crippen LogP) is 0.313. The minimum Gasteiger partial charge on any atom is -0.748 e. The SMILES string of the molecule is O=C([O-])CN1C(=O)/C(=C2\Sc3ccccc3N2CCCS(=O)(=O)[O-])SC1=S. The molecule has 8 nitrogen and oxygen atoms in total. The highest BCUT2D eigenvalue weighted by atomic mass is 32.2. The maximum atomic E-state index is 12.7. The monoisotopic (exact) mass is 444 g/mol. The third kappa shape index (κ3) is 4.46. The van der Waals surface area contributed by atoms with Crippen molar-refractivity contribution in [3.63, 3.8) is 0 Å². The molecule has 0 N–H and O–H groups in total. The summed E-state index contributed by atoms with van der Waals surface area (Å²) in [5, 5.41) is 11.4. The molecule has 3 rings (SSSR count). The standard InChI is InChI=1S/C15H14N2O6S4/c18-11(19)8-17-13(20)12(26-15(17)24)14-16(6-3-7-27(21,22)23)9-4-1-2-5-10(9)25-14/h1-2,4-5H,3,6-8H2,(H,18,19)(H,21,22,23)/p-2/b14-12+. The molecule has 2 aliphatic heterocycles. The smallest absolute Gasteiger partial charge is 0.269 e. The molecule has 27 heavy (non-hydrogen) atoms. The van der Waals surface area contributed by atoms with Gasteiger partial charge in [0.1, 0.15) is 14.3 Å². The molecule has 1 saturated heterocycles. The van der Waals surface area contributed by atoms with Crippen LogP contribution in [0.25, 0.3) is 0 Å². The van der Waals surface area contributed by atoms with Crippen molar-refractivity contribution in [1.29, 1.82) is 0 Å². The van der Waals surface area contributed by atoms with E-state index in [1.807, 2.05) is 18.2 Å². The van der Waals surface area contributed by atoms with Crippen molar-refractivity contribution in [3.8, 4) is 0 Å². The number of rotatable bonds is 6. The average Bonchev–Trinajstić information content (AvgIpc) is 3.06. The van der Waals surface area contributed by atoms with E-state index in [4.69, 9.17) is 12.2 Å². The minimum atomic E-state index is -4.34. The summed E-state index contributed by atoms with van der Waals surface area (Å²) in [7, 11) is -4.34. The van der Waals surface area contributed by atoms with Crippen LogP contribution in [0.3, 0.4) is 0 Å². The van der Waals surface area contributed by atoms with Gasteiger partial charge in [-0.2, -0.15) is 0 Å². The number of carboxylic acids is 1. The number of hydrogen-bond donors (Lipinski definition) is 0. The van der Waals surface area contributed by atoms with Crippen LogP contribution in [-0.2, 0) is 19.7 Å². The van der Waals surface area contributed by atoms with Crippen LogP contribution in [0.5, 0.6) is 0 Å². The molecule has 0 bridgehead atoms. The largest absolute Gasteiger partial charge is 0.748 e. The first-order valence-electron chi connectivity index (χ1n) is 7.63. The lowest BCUT2D eigenvalue weighted by Crippen LogP contribution is -2.40. The van der Waals surface area contributed by atoms with Crippen molar-refractivity contribution in [1.82, 2.24) is 4.90 Å². The summed E-state index contributed by atoms with van der Waals surface area (Å²) in [5.74, 6) is -2.47. The van der Waals surface area contributed by atoms with Gasteiger partial charge in [0.05, 0.1) is 28.3 Å². The summed E-state index contributed by atoms with van der Waals surface area (Å²) >= 11 is 7.41. The maximum absolute atomic E-state index is 12.7. The van der Waals surface area contributed by atoms with E-state index in [1.165, 1.54) is 11.8 Å². The quantitative estimate of drug-likeness (QED) is 0.344. The van der Waals surface area contributed by atoms with Crippen molar-refractivity contribution in [2.45, 2.75) is 11.3 Å². The summed E-state index contributed by atoms with van der Waals surface area (Å²) in [5.41, 5.74) is 0.783. The fourth-order valence-electron chi connectivity index (χ4n) is 2.62. The van der Waals surface area contributed by atoms with Crippen LogP contribution in [0, 0.1) is 0 Å². The van der Waals surface area contributed by atoms with Crippen molar-refractivity contribution in [2.75, 3.05) is 23.7 Å². The van der Waals surface area contributed by atoms with Gasteiger partial charge in [-0.1, -0.05) is 47.9 Å². The zero-order chi connectivity index (χ0) is 19.8. The van der Waals surface area contributed by atoms with Gasteiger partial charge in [0.2, 0.25) is 0 Å². The molecular weight excluding hydrogens is 432 g/mol. The molecule has 1 fully saturated rings. The van der Waals surface area contributed by atoms with Crippen LogP contribution in [0.15, 0.2) is 39.1 Å². The van der Waals surface area contributed by atoms with Gasteiger partial charge in [-0.3, -0.25) is 9.69 Å². The molecule has 0 spiro atoms. The number of thioether (sulfide) groups is 2. The van der Waals surface area contributed by atoms with E-state index in [-0.39, 0.29) is 22.2 Å². The molecule has 2 aliphatic rings. The van der Waals surface area contributed by atoms with Gasteiger partial charge in [0, 0.05) is 17.2 Å². The second kappa shape index (κ2) is 7.80. The van der Waals surface area contributed by atoms with Crippen molar-refractivity contribution in [3.05, 3.63) is 34.2 Å². The highest BCUT2D eigenvalue weighted by molar-refractivity contribution is 8.27. The fourth-order valence-corrected chi connectivity index (χ4v) is 5.69. The number of carboxylic acid groups (broad SMARTS) is 1. The van der Waals surface area contributed by atoms with Gasteiger partial charge in [0.15, 0.2) is 0 Å². The highest BCUT2D eigenvalue weighted by Gasteiger charge is 2.38. The van der Waals surface area contributed by atoms with E-state index in [9.17, 15) is 27.7 Å². The number of benzene rings is 1. The molecule has 2 heterocycles. The number of anilines is 1. The van der Waals surface area contributed by atoms with Crippen LogP contribution in [0.4, 0.5) is 5.69 Å². The molecular formula is C15H12N2O6S4-2. The first kappa shape index (κ1) is 20.1. The number of nitrogens with zero attached hydrogens (tertiary/aromatic N) is 2. The van der Waals surface area contributed by atoms with E-state index < -0.39 is 34.3 Å². The van der Waals surface area contributed by atoms with Crippen LogP contribution in [0.1, 0.15) is 6.42 Å². The topological polar surface area (TPSA) is 121 Å². The van der Waals surface area contributed by atoms with Crippen molar-refractivity contribution >= 4 is 67.7 Å². The molecule has 1 aromatic carbocycles. The Kier molecular flexibility index (Phi) is 5.82. The van der Waals surface area contributed by atoms with Crippen molar-refractivity contribution < 1.29 is 27.7 Å². The molecule has 0 radical (unpaired) electrons. The van der Waals surface area contributed by atoms with Crippen LogP contribution in [0.2, 0.25) is 0 Å². The maximum Gasteiger partial charge on any atom is 0.269 e. The molecule has 0 unspecified atom stereocenters. The molecule has 0 aromatic heterocycles. The lowest BCUT2D eigenvalue weighted by Gasteiger charge is -2.22. The molecule has 0 atom stereocenters. The number of para-hydroxylation sites is 1. The van der Waals surface area contributed by atoms with Gasteiger partial charge < -0.3 is 19.4 Å². The third-order valence-electron chi connectivity index (χ3n) is 3.71. The zero-order valence-electron chi connectivity index (χ0n) is 13.6. The van der Waals surface area contributed by atoms with E-state index >= 15 is 0 Å². The van der Waals surface area contributed by atoms with Gasteiger partial charge in [-0.25, -0.2) is 8.42 Å². The first-order valence-corrected chi connectivity index (χ1v) is 11.2. The van der Waals surface area contributed by atoms with Gasteiger partial charge in [-0.15, -0.1) is 0 Å². The highest BCUT2D eigenvalue weighted by Crippen LogP contribution is 2.50. The molecule has 144 valence electrons. The Labute approximate surface area is 169 Å². The average molecular weight is 445 g/mol. The molecule has 0 aliphatic carbocycles. The van der Waals surface area contributed by atoms with E-state index in [0.717, 1.165) is 27.2 Å². The summed E-state index contributed by atoms with van der Waals surface area (Å²) < 4.78 is 32.8. The first-order chi connectivity index (χ1) is 12.7. The lowest BCUT2D eigenvalue weighted by molar-refractivity contribution is -0.305. The molecule has 0 saturated carbocycles. The second-order valence-electron chi connectivity index (χ2n) is 5.60. The Balaban J connectivity index is 1.93. The number of carbonyl (C=O) groups excluding carboxylic acids is 2. The molecule has 12 heteroatoms. The number of hydrogen-bond acceptors (Lipinski definition) is 10. The number of thiocarbonyl (C=S) groups is 1. The molecule has 1 aromatic rings. The summed E-state index contributed by atoms with van der Waals surface area (Å²) in [6.45, 7) is -0.418. The summed E-state index contributed by atoms with van der Waals surface area (Å²) in [6, 6.07) is 7.31. The Morgan fingerprint density at radius 1 is 1.19 bits per heavy atom. The van der Waals surface area contributed by atoms with Crippen molar-refractivity contribution in [2.24, 2.45) is 0 Å². The zero-order valence-corrected chi connectivity index (χ0v) is 16.9. The Morgan fingerprint density at radius 2 is 1.89 bits per heavy atom. The number of amides is 1.